The summed E-state index contributed by atoms with van der Waals surface area (Å²) in [7, 11) is 0. The van der Waals surface area contributed by atoms with Crippen LogP contribution in [0.15, 0.2) is 24.3 Å². The molecule has 1 aliphatic carbocycles. The average Bonchev–Trinajstić information content (AvgIpc) is 2.41. The first-order valence-electron chi connectivity index (χ1n) is 7.41. The number of hydrogen-bond acceptors (Lipinski definition) is 2. The summed E-state index contributed by atoms with van der Waals surface area (Å²) in [6.45, 7) is 5.73. The Morgan fingerprint density at radius 1 is 0.778 bits per heavy atom. The van der Waals surface area contributed by atoms with Crippen molar-refractivity contribution in [3.63, 3.8) is 0 Å². The largest absolute Gasteiger partial charge is 0.371 e. The molecule has 1 rings (SSSR count). The van der Waals surface area contributed by atoms with E-state index < -0.39 is 0 Å². The van der Waals surface area contributed by atoms with E-state index in [1.807, 2.05) is 0 Å². The van der Waals surface area contributed by atoms with Crippen molar-refractivity contribution in [2.75, 3.05) is 13.2 Å². The van der Waals surface area contributed by atoms with Crippen molar-refractivity contribution >= 4 is 0 Å². The first-order valence-corrected chi connectivity index (χ1v) is 7.41. The molecule has 0 N–H and O–H groups in total. The van der Waals surface area contributed by atoms with Gasteiger partial charge in [0, 0.05) is 0 Å². The van der Waals surface area contributed by atoms with Crippen LogP contribution in [-0.4, -0.2) is 25.4 Å². The zero-order valence-corrected chi connectivity index (χ0v) is 11.9. The molecule has 0 radical (unpaired) electrons. The smallest absolute Gasteiger partial charge is 0.0841 e. The van der Waals surface area contributed by atoms with Crippen LogP contribution in [0, 0.1) is 0 Å². The maximum atomic E-state index is 5.92. The maximum Gasteiger partial charge on any atom is 0.0841 e. The van der Waals surface area contributed by atoms with Gasteiger partial charge in [0.05, 0.1) is 25.4 Å². The quantitative estimate of drug-likeness (QED) is 0.601. The van der Waals surface area contributed by atoms with Crippen LogP contribution in [0.4, 0.5) is 0 Å². The normalized spacial score (nSPS) is 25.2. The Morgan fingerprint density at radius 2 is 1.22 bits per heavy atom. The van der Waals surface area contributed by atoms with Gasteiger partial charge < -0.3 is 9.47 Å². The van der Waals surface area contributed by atoms with Crippen LogP contribution in [0.1, 0.15) is 52.4 Å². The number of hydrogen-bond donors (Lipinski definition) is 0. The number of allylic oxidation sites excluding steroid dienone is 2. The fourth-order valence-corrected chi connectivity index (χ4v) is 2.27. The molecule has 0 aliphatic heterocycles. The van der Waals surface area contributed by atoms with Crippen molar-refractivity contribution in [3.05, 3.63) is 24.3 Å². The van der Waals surface area contributed by atoms with E-state index in [2.05, 4.69) is 38.2 Å². The van der Waals surface area contributed by atoms with Crippen molar-refractivity contribution in [2.24, 2.45) is 0 Å². The SMILES string of the molecule is CC/C=C/COC1CCCCC1OC/C=C/CC. The van der Waals surface area contributed by atoms with Gasteiger partial charge in [0.15, 0.2) is 0 Å². The van der Waals surface area contributed by atoms with Gasteiger partial charge in [-0.3, -0.25) is 0 Å². The maximum absolute atomic E-state index is 5.92. The predicted octanol–water partition coefficient (Wildman–Crippen LogP) is 4.26. The van der Waals surface area contributed by atoms with E-state index in [-0.39, 0.29) is 12.2 Å². The Labute approximate surface area is 112 Å². The van der Waals surface area contributed by atoms with Crippen LogP contribution < -0.4 is 0 Å². The van der Waals surface area contributed by atoms with E-state index >= 15 is 0 Å². The van der Waals surface area contributed by atoms with Gasteiger partial charge in [-0.15, -0.1) is 0 Å². The summed E-state index contributed by atoms with van der Waals surface area (Å²) in [6.07, 6.45) is 16.1. The van der Waals surface area contributed by atoms with Gasteiger partial charge in [0.25, 0.3) is 0 Å². The molecule has 0 aromatic heterocycles. The molecule has 18 heavy (non-hydrogen) atoms. The Balaban J connectivity index is 2.27. The van der Waals surface area contributed by atoms with E-state index in [1.165, 1.54) is 12.8 Å². The minimum absolute atomic E-state index is 0.287. The van der Waals surface area contributed by atoms with E-state index in [0.717, 1.165) is 38.9 Å². The molecule has 2 heteroatoms. The van der Waals surface area contributed by atoms with Gasteiger partial charge >= 0.3 is 0 Å². The second-order valence-electron chi connectivity index (χ2n) is 4.79. The van der Waals surface area contributed by atoms with Crippen LogP contribution in [0.25, 0.3) is 0 Å². The number of rotatable bonds is 8. The second-order valence-corrected chi connectivity index (χ2v) is 4.79. The fourth-order valence-electron chi connectivity index (χ4n) is 2.27. The van der Waals surface area contributed by atoms with Crippen LogP contribution in [0.5, 0.6) is 0 Å². The Bertz CT molecular complexity index is 219. The first-order chi connectivity index (χ1) is 8.88. The summed E-state index contributed by atoms with van der Waals surface area (Å²) >= 11 is 0. The molecule has 104 valence electrons. The molecule has 0 aromatic rings. The number of ether oxygens (including phenoxy) is 2. The first kappa shape index (κ1) is 15.5. The topological polar surface area (TPSA) is 18.5 Å². The van der Waals surface area contributed by atoms with Gasteiger partial charge in [0.1, 0.15) is 0 Å². The monoisotopic (exact) mass is 252 g/mol. The molecular formula is C16H28O2. The van der Waals surface area contributed by atoms with Crippen molar-refractivity contribution in [1.29, 1.82) is 0 Å². The van der Waals surface area contributed by atoms with Crippen LogP contribution in [0.2, 0.25) is 0 Å². The summed E-state index contributed by atoms with van der Waals surface area (Å²) in [5, 5.41) is 0. The molecule has 1 aliphatic rings. The summed E-state index contributed by atoms with van der Waals surface area (Å²) in [5.74, 6) is 0. The van der Waals surface area contributed by atoms with Gasteiger partial charge in [-0.05, 0) is 25.7 Å². The van der Waals surface area contributed by atoms with E-state index in [4.69, 9.17) is 9.47 Å². The lowest BCUT2D eigenvalue weighted by atomic mass is 9.94. The Kier molecular flexibility index (Phi) is 8.87. The molecule has 0 saturated heterocycles. The highest BCUT2D eigenvalue weighted by molar-refractivity contribution is 4.84. The lowest BCUT2D eigenvalue weighted by molar-refractivity contribution is -0.0783. The second kappa shape index (κ2) is 10.3. The van der Waals surface area contributed by atoms with E-state index in [9.17, 15) is 0 Å². The van der Waals surface area contributed by atoms with Gasteiger partial charge in [-0.2, -0.15) is 0 Å². The van der Waals surface area contributed by atoms with Crippen LogP contribution in [-0.2, 0) is 9.47 Å². The highest BCUT2D eigenvalue weighted by Gasteiger charge is 2.25. The third kappa shape index (κ3) is 6.36. The van der Waals surface area contributed by atoms with Gasteiger partial charge in [-0.25, -0.2) is 0 Å². The van der Waals surface area contributed by atoms with Crippen molar-refractivity contribution in [3.8, 4) is 0 Å². The highest BCUT2D eigenvalue weighted by atomic mass is 16.5. The highest BCUT2D eigenvalue weighted by Crippen LogP contribution is 2.23. The fraction of sp³-hybridized carbons (Fsp3) is 0.750. The molecule has 0 aromatic carbocycles. The van der Waals surface area contributed by atoms with Gasteiger partial charge in [-0.1, -0.05) is 51.0 Å². The minimum atomic E-state index is 0.287. The molecule has 2 nitrogen and oxygen atoms in total. The molecule has 0 amide bonds. The third-order valence-electron chi connectivity index (χ3n) is 3.26. The molecule has 0 heterocycles. The minimum Gasteiger partial charge on any atom is -0.371 e. The predicted molar refractivity (Wildman–Crippen MR) is 76.8 cm³/mol. The average molecular weight is 252 g/mol. The summed E-state index contributed by atoms with van der Waals surface area (Å²) in [4.78, 5) is 0. The van der Waals surface area contributed by atoms with Crippen LogP contribution in [0.3, 0.4) is 0 Å². The molecule has 0 spiro atoms. The summed E-state index contributed by atoms with van der Waals surface area (Å²) < 4.78 is 11.8. The molecule has 0 bridgehead atoms. The lowest BCUT2D eigenvalue weighted by Crippen LogP contribution is -2.35. The van der Waals surface area contributed by atoms with Crippen molar-refractivity contribution in [1.82, 2.24) is 0 Å². The zero-order valence-electron chi connectivity index (χ0n) is 11.9. The van der Waals surface area contributed by atoms with Crippen molar-refractivity contribution < 1.29 is 9.47 Å². The molecule has 1 saturated carbocycles. The Hall–Kier alpha value is -0.600. The summed E-state index contributed by atoms with van der Waals surface area (Å²) in [6, 6.07) is 0. The molecular weight excluding hydrogens is 224 g/mol. The lowest BCUT2D eigenvalue weighted by Gasteiger charge is -2.30. The zero-order chi connectivity index (χ0) is 13.1. The third-order valence-corrected chi connectivity index (χ3v) is 3.26. The summed E-state index contributed by atoms with van der Waals surface area (Å²) in [5.41, 5.74) is 0. The molecule has 1 fully saturated rings. The molecule has 2 atom stereocenters. The van der Waals surface area contributed by atoms with Gasteiger partial charge in [0.2, 0.25) is 0 Å². The Morgan fingerprint density at radius 3 is 1.61 bits per heavy atom. The van der Waals surface area contributed by atoms with E-state index in [1.54, 1.807) is 0 Å². The van der Waals surface area contributed by atoms with Crippen molar-refractivity contribution in [2.45, 2.75) is 64.6 Å². The van der Waals surface area contributed by atoms with Crippen LogP contribution >= 0.6 is 0 Å². The van der Waals surface area contributed by atoms with E-state index in [0.29, 0.717) is 0 Å². The molecule has 2 unspecified atom stereocenters. The standard InChI is InChI=1S/C16H28O2/c1-3-5-9-13-17-15-11-7-8-12-16(15)18-14-10-6-4-2/h5-6,9-10,15-16H,3-4,7-8,11-14H2,1-2H3/b9-5+,10-6+.